The summed E-state index contributed by atoms with van der Waals surface area (Å²) >= 11 is 11.2. The molecule has 0 atom stereocenters. The highest BCUT2D eigenvalue weighted by atomic mass is 35.5. The minimum atomic E-state index is -5.17. The first-order valence-corrected chi connectivity index (χ1v) is 9.13. The van der Waals surface area contributed by atoms with Gasteiger partial charge in [0.05, 0.1) is 19.9 Å². The van der Waals surface area contributed by atoms with Gasteiger partial charge in [-0.15, -0.1) is 0 Å². The first kappa shape index (κ1) is 27.1. The molecule has 0 radical (unpaired) electrons. The summed E-state index contributed by atoms with van der Waals surface area (Å²) in [5.74, 6) is 0. The largest absolute Gasteiger partial charge is 0.759 e. The summed E-state index contributed by atoms with van der Waals surface area (Å²) in [5, 5.41) is 42.3. The number of halogens is 2. The molecule has 16 nitrogen and oxygen atoms in total. The van der Waals surface area contributed by atoms with Crippen molar-refractivity contribution in [2.45, 2.75) is 0 Å². The van der Waals surface area contributed by atoms with E-state index in [0.29, 0.717) is 11.4 Å². The Labute approximate surface area is 182 Å². The molecule has 0 fully saturated rings. The molecule has 0 bridgehead atoms. The Bertz CT molecular complexity index is 1060. The van der Waals surface area contributed by atoms with Gasteiger partial charge in [-0.3, -0.25) is 28.6 Å². The van der Waals surface area contributed by atoms with Crippen molar-refractivity contribution in [2.75, 3.05) is 10.9 Å². The van der Waals surface area contributed by atoms with Crippen molar-refractivity contribution in [3.8, 4) is 0 Å². The van der Waals surface area contributed by atoms with Crippen molar-refractivity contribution in [1.82, 2.24) is 0 Å². The van der Waals surface area contributed by atoms with Crippen molar-refractivity contribution in [2.24, 2.45) is 0 Å². The van der Waals surface area contributed by atoms with E-state index in [4.69, 9.17) is 51.5 Å². The van der Waals surface area contributed by atoms with Gasteiger partial charge >= 0.3 is 10.2 Å². The van der Waals surface area contributed by atoms with Crippen LogP contribution in [0.3, 0.4) is 0 Å². The zero-order chi connectivity index (χ0) is 24.2. The summed E-state index contributed by atoms with van der Waals surface area (Å²) in [6.07, 6.45) is 0. The van der Waals surface area contributed by atoms with Gasteiger partial charge in [-0.1, -0.05) is 23.2 Å². The van der Waals surface area contributed by atoms with Crippen LogP contribution < -0.4 is 10.9 Å². The summed E-state index contributed by atoms with van der Waals surface area (Å²) in [5.41, 5.74) is 4.70. The minimum absolute atomic E-state index is 0.117. The number of rotatable bonds is 4. The second-order valence-electron chi connectivity index (χ2n) is 4.67. The monoisotopic (exact) mass is 494 g/mol. The van der Waals surface area contributed by atoms with Crippen LogP contribution in [0.2, 0.25) is 10.0 Å². The maximum Gasteiger partial charge on any atom is 0.308 e. The summed E-state index contributed by atoms with van der Waals surface area (Å²) < 4.78 is 34.1. The zero-order valence-corrected chi connectivity index (χ0v) is 16.9. The molecule has 0 saturated carbocycles. The van der Waals surface area contributed by atoms with E-state index in [1.165, 1.54) is 24.3 Å². The van der Waals surface area contributed by atoms with E-state index in [2.05, 4.69) is 21.0 Å². The second kappa shape index (κ2) is 12.6. The highest BCUT2D eigenvalue weighted by Crippen LogP contribution is 2.27. The molecule has 164 valence electrons. The van der Waals surface area contributed by atoms with Crippen LogP contribution in [-0.2, 0) is 10.4 Å². The molecule has 0 aliphatic carbocycles. The normalized spacial score (nSPS) is 9.35. The van der Waals surface area contributed by atoms with Crippen LogP contribution >= 0.6 is 23.2 Å². The molecule has 2 N–H and O–H groups in total. The van der Waals surface area contributed by atoms with E-state index < -0.39 is 20.2 Å². The fraction of sp³-hybridized carbons (Fsp3) is 0. The van der Waals surface area contributed by atoms with Gasteiger partial charge in [-0.05, 0) is 23.0 Å². The Morgan fingerprint density at radius 1 is 0.806 bits per heavy atom. The molecule has 19 heteroatoms. The average Bonchev–Trinajstić information content (AvgIpc) is 2.64. The van der Waals surface area contributed by atoms with Crippen LogP contribution in [0.1, 0.15) is 0 Å². The molecular weight excluding hydrogens is 487 g/mol. The van der Waals surface area contributed by atoms with Gasteiger partial charge in [0.25, 0.3) is 22.2 Å². The third-order valence-electron chi connectivity index (χ3n) is 2.67. The quantitative estimate of drug-likeness (QED) is 0.203. The summed E-state index contributed by atoms with van der Waals surface area (Å²) in [7, 11) is -5.17. The standard InChI is InChI=1S/2C6H4ClN4O2.H2O4S/c2*7-5-3-4(11(12)13)1-2-6(5)9-10-8;1-5(2,3)4/h2*1-3,9H;(H2,1,2,3,4)/q2*+1;/p-2. The van der Waals surface area contributed by atoms with E-state index in [9.17, 15) is 20.2 Å². The van der Waals surface area contributed by atoms with Crippen molar-refractivity contribution in [3.05, 3.63) is 76.8 Å². The van der Waals surface area contributed by atoms with Crippen molar-refractivity contribution in [1.29, 1.82) is 10.8 Å². The number of nitrogens with zero attached hydrogens (tertiary/aromatic N) is 6. The number of benzene rings is 2. The average molecular weight is 495 g/mol. The summed E-state index contributed by atoms with van der Waals surface area (Å²) in [6, 6.07) is 7.52. The Kier molecular flexibility index (Phi) is 11.1. The van der Waals surface area contributed by atoms with Crippen LogP contribution in [0.15, 0.2) is 36.4 Å². The number of non-ortho nitro benzene ring substituents is 2. The lowest BCUT2D eigenvalue weighted by Crippen LogP contribution is -1.91. The van der Waals surface area contributed by atoms with E-state index in [1.807, 2.05) is 0 Å². The maximum atomic E-state index is 10.3. The van der Waals surface area contributed by atoms with Gasteiger partial charge < -0.3 is 9.11 Å². The zero-order valence-electron chi connectivity index (χ0n) is 14.6. The number of nitro benzene ring substituents is 2. The van der Waals surface area contributed by atoms with Crippen LogP contribution in [-0.4, -0.2) is 27.4 Å². The molecule has 0 heterocycles. The van der Waals surface area contributed by atoms with Gasteiger partial charge in [0.1, 0.15) is 11.4 Å². The molecule has 0 amide bonds. The van der Waals surface area contributed by atoms with Crippen molar-refractivity contribution in [3.63, 3.8) is 0 Å². The van der Waals surface area contributed by atoms with Crippen LogP contribution in [0.4, 0.5) is 22.7 Å². The molecule has 0 aliphatic rings. The van der Waals surface area contributed by atoms with Gasteiger partial charge in [0.2, 0.25) is 0 Å². The molecule has 0 unspecified atom stereocenters. The molecule has 31 heavy (non-hydrogen) atoms. The summed E-state index contributed by atoms with van der Waals surface area (Å²) in [4.78, 5) is 19.4. The second-order valence-corrected chi connectivity index (χ2v) is 6.31. The Morgan fingerprint density at radius 3 is 1.29 bits per heavy atom. The molecule has 0 aromatic heterocycles. The summed E-state index contributed by atoms with van der Waals surface area (Å²) in [6.45, 7) is 0. The molecule has 2 aromatic rings. The fourth-order valence-corrected chi connectivity index (χ4v) is 1.96. The lowest BCUT2D eigenvalue weighted by Gasteiger charge is -2.06. The number of nitro groups is 2. The highest BCUT2D eigenvalue weighted by molar-refractivity contribution is 7.79. The van der Waals surface area contributed by atoms with E-state index in [0.717, 1.165) is 12.1 Å². The van der Waals surface area contributed by atoms with E-state index in [-0.39, 0.29) is 21.4 Å². The van der Waals surface area contributed by atoms with Gasteiger partial charge in [-0.2, -0.15) is 0 Å². The Balaban J connectivity index is 0.000000479. The Morgan fingerprint density at radius 2 is 1.10 bits per heavy atom. The van der Waals surface area contributed by atoms with Gasteiger partial charge in [0, 0.05) is 34.7 Å². The molecule has 2 aromatic carbocycles. The van der Waals surface area contributed by atoms with E-state index in [1.54, 1.807) is 0 Å². The fourth-order valence-electron chi connectivity index (χ4n) is 1.52. The van der Waals surface area contributed by atoms with Crippen LogP contribution in [0.5, 0.6) is 0 Å². The van der Waals surface area contributed by atoms with Crippen LogP contribution in [0, 0.1) is 31.0 Å². The molecule has 0 aliphatic heterocycles. The number of diazo groups is 2. The van der Waals surface area contributed by atoms with Crippen molar-refractivity contribution < 1.29 is 27.4 Å². The lowest BCUT2D eigenvalue weighted by molar-refractivity contribution is -0.385. The predicted octanol–water partition coefficient (Wildman–Crippen LogP) is 3.52. The molecule has 0 spiro atoms. The third kappa shape index (κ3) is 11.7. The highest BCUT2D eigenvalue weighted by Gasteiger charge is 2.12. The Hall–Kier alpha value is -3.87. The number of hydrogen-bond acceptors (Lipinski definition) is 12. The maximum absolute atomic E-state index is 10.3. The van der Waals surface area contributed by atoms with Gasteiger partial charge in [0.15, 0.2) is 0 Å². The number of anilines is 2. The van der Waals surface area contributed by atoms with Crippen molar-refractivity contribution >= 4 is 56.4 Å². The van der Waals surface area contributed by atoms with E-state index >= 15 is 0 Å². The first-order valence-electron chi connectivity index (χ1n) is 7.05. The molecule has 0 saturated heterocycles. The first-order chi connectivity index (χ1) is 14.3. The molecular formula is C12H8Cl2N8O8S. The van der Waals surface area contributed by atoms with Gasteiger partial charge in [-0.25, -0.2) is 0 Å². The molecule has 2 rings (SSSR count). The minimum Gasteiger partial charge on any atom is -0.759 e. The predicted molar refractivity (Wildman–Crippen MR) is 104 cm³/mol. The van der Waals surface area contributed by atoms with Crippen LogP contribution in [0.25, 0.3) is 10.2 Å². The topological polar surface area (TPSA) is 247 Å². The smallest absolute Gasteiger partial charge is 0.308 e. The number of hydrogen-bond donors (Lipinski definition) is 2. The lowest BCUT2D eigenvalue weighted by atomic mass is 10.3. The SMILES string of the molecule is N#[N+]Nc1ccc([N+](=O)[O-])cc1Cl.N#[N+]Nc1ccc([N+](=O)[O-])cc1Cl.O=S(=O)([O-])[O-]. The number of nitrogens with one attached hydrogen (secondary N) is 2. The third-order valence-corrected chi connectivity index (χ3v) is 3.29.